The molecule has 0 unspecified atom stereocenters. The lowest BCUT2D eigenvalue weighted by molar-refractivity contribution is -0.134. The zero-order valence-corrected chi connectivity index (χ0v) is 16.7. The number of hydrogen-bond acceptors (Lipinski definition) is 4. The van der Waals surface area contributed by atoms with Crippen molar-refractivity contribution in [3.63, 3.8) is 0 Å². The molecule has 2 fully saturated rings. The molecule has 4 rings (SSSR count). The van der Waals surface area contributed by atoms with E-state index in [-0.39, 0.29) is 11.5 Å². The quantitative estimate of drug-likeness (QED) is 0.595. The first-order valence-corrected chi connectivity index (χ1v) is 11.1. The van der Waals surface area contributed by atoms with Gasteiger partial charge in [0, 0.05) is 19.1 Å². The van der Waals surface area contributed by atoms with E-state index in [0.717, 1.165) is 19.4 Å². The highest BCUT2D eigenvalue weighted by molar-refractivity contribution is 7.99. The summed E-state index contributed by atoms with van der Waals surface area (Å²) in [7, 11) is 0. The lowest BCUT2D eigenvalue weighted by Crippen LogP contribution is -2.50. The zero-order valence-electron chi connectivity index (χ0n) is 15.9. The Morgan fingerprint density at radius 2 is 1.96 bits per heavy atom. The van der Waals surface area contributed by atoms with Crippen LogP contribution in [0.4, 0.5) is 0 Å². The van der Waals surface area contributed by atoms with E-state index in [4.69, 9.17) is 0 Å². The Morgan fingerprint density at radius 3 is 2.81 bits per heavy atom. The molecule has 2 heterocycles. The SMILES string of the molecule is CCn1c(SCC(=O)N2CCC[C@H]3CCCC[C@H]32)nc2ccccc2c1=O. The van der Waals surface area contributed by atoms with Gasteiger partial charge in [0.05, 0.1) is 16.7 Å². The molecular formula is C21H27N3O2S. The number of para-hydroxylation sites is 1. The lowest BCUT2D eigenvalue weighted by Gasteiger charge is -2.44. The number of hydrogen-bond donors (Lipinski definition) is 0. The van der Waals surface area contributed by atoms with Crippen LogP contribution >= 0.6 is 11.8 Å². The summed E-state index contributed by atoms with van der Waals surface area (Å²) in [5.41, 5.74) is 0.677. The number of fused-ring (bicyclic) bond motifs is 2. The molecule has 1 saturated carbocycles. The minimum absolute atomic E-state index is 0.0247. The maximum Gasteiger partial charge on any atom is 0.262 e. The third-order valence-corrected chi connectivity index (χ3v) is 6.99. The molecule has 5 nitrogen and oxygen atoms in total. The molecule has 144 valence electrons. The molecule has 1 aliphatic carbocycles. The maximum absolute atomic E-state index is 13.0. The summed E-state index contributed by atoms with van der Waals surface area (Å²) in [6.45, 7) is 3.38. The Morgan fingerprint density at radius 1 is 1.19 bits per heavy atom. The second-order valence-electron chi connectivity index (χ2n) is 7.59. The van der Waals surface area contributed by atoms with Gasteiger partial charge in [-0.2, -0.15) is 0 Å². The van der Waals surface area contributed by atoms with E-state index in [1.54, 1.807) is 4.57 Å². The summed E-state index contributed by atoms with van der Waals surface area (Å²) in [5.74, 6) is 1.24. The van der Waals surface area contributed by atoms with Crippen LogP contribution in [-0.4, -0.2) is 38.7 Å². The Balaban J connectivity index is 1.52. The van der Waals surface area contributed by atoms with Crippen LogP contribution in [-0.2, 0) is 11.3 Å². The van der Waals surface area contributed by atoms with E-state index >= 15 is 0 Å². The number of rotatable bonds is 4. The highest BCUT2D eigenvalue weighted by Crippen LogP contribution is 2.35. The fourth-order valence-corrected chi connectivity index (χ4v) is 5.63. The van der Waals surface area contributed by atoms with Gasteiger partial charge in [0.1, 0.15) is 0 Å². The van der Waals surface area contributed by atoms with Crippen molar-refractivity contribution in [1.82, 2.24) is 14.5 Å². The molecule has 1 aromatic heterocycles. The topological polar surface area (TPSA) is 55.2 Å². The number of carbonyl (C=O) groups is 1. The van der Waals surface area contributed by atoms with Crippen molar-refractivity contribution in [2.24, 2.45) is 5.92 Å². The Kier molecular flexibility index (Phi) is 5.53. The Bertz CT molecular complexity index is 893. The van der Waals surface area contributed by atoms with Crippen molar-refractivity contribution in [1.29, 1.82) is 0 Å². The molecule has 2 atom stereocenters. The van der Waals surface area contributed by atoms with E-state index < -0.39 is 0 Å². The van der Waals surface area contributed by atoms with Crippen LogP contribution < -0.4 is 5.56 Å². The van der Waals surface area contributed by atoms with Crippen LogP contribution in [0, 0.1) is 5.92 Å². The van der Waals surface area contributed by atoms with E-state index in [0.29, 0.717) is 40.3 Å². The first-order chi connectivity index (χ1) is 13.2. The van der Waals surface area contributed by atoms with Gasteiger partial charge in [-0.05, 0) is 50.7 Å². The molecule has 2 aliphatic rings. The molecular weight excluding hydrogens is 358 g/mol. The molecule has 0 N–H and O–H groups in total. The summed E-state index contributed by atoms with van der Waals surface area (Å²) >= 11 is 1.40. The number of nitrogens with zero attached hydrogens (tertiary/aromatic N) is 3. The van der Waals surface area contributed by atoms with Crippen molar-refractivity contribution >= 4 is 28.6 Å². The van der Waals surface area contributed by atoms with Crippen LogP contribution in [0.25, 0.3) is 10.9 Å². The summed E-state index contributed by atoms with van der Waals surface area (Å²) < 4.78 is 1.68. The van der Waals surface area contributed by atoms with Gasteiger partial charge >= 0.3 is 0 Å². The number of piperidine rings is 1. The number of likely N-dealkylation sites (tertiary alicyclic amines) is 1. The summed E-state index contributed by atoms with van der Waals surface area (Å²) in [6, 6.07) is 7.85. The van der Waals surface area contributed by atoms with Crippen LogP contribution in [0.2, 0.25) is 0 Å². The minimum Gasteiger partial charge on any atom is -0.339 e. The number of aromatic nitrogens is 2. The van der Waals surface area contributed by atoms with Crippen LogP contribution in [0.3, 0.4) is 0 Å². The standard InChI is InChI=1S/C21H27N3O2S/c1-2-23-20(26)16-10-4-5-11-17(16)22-21(23)27-14-19(25)24-13-7-9-15-8-3-6-12-18(15)24/h4-5,10-11,15,18H,2-3,6-9,12-14H2,1H3/t15-,18-/m1/s1. The monoisotopic (exact) mass is 385 g/mol. The molecule has 0 spiro atoms. The lowest BCUT2D eigenvalue weighted by atomic mass is 9.78. The molecule has 0 radical (unpaired) electrons. The van der Waals surface area contributed by atoms with Gasteiger partial charge in [0.2, 0.25) is 5.91 Å². The van der Waals surface area contributed by atoms with Gasteiger partial charge in [-0.25, -0.2) is 4.98 Å². The van der Waals surface area contributed by atoms with E-state index in [1.165, 1.54) is 37.4 Å². The van der Waals surface area contributed by atoms with Crippen LogP contribution in [0.15, 0.2) is 34.2 Å². The fraction of sp³-hybridized carbons (Fsp3) is 0.571. The summed E-state index contributed by atoms with van der Waals surface area (Å²) in [5, 5.41) is 1.28. The third kappa shape index (κ3) is 3.64. The van der Waals surface area contributed by atoms with E-state index in [1.807, 2.05) is 31.2 Å². The second-order valence-corrected chi connectivity index (χ2v) is 8.53. The third-order valence-electron chi connectivity index (χ3n) is 6.03. The van der Waals surface area contributed by atoms with Crippen molar-refractivity contribution in [2.75, 3.05) is 12.3 Å². The van der Waals surface area contributed by atoms with E-state index in [9.17, 15) is 9.59 Å². The molecule has 6 heteroatoms. The van der Waals surface area contributed by atoms with Gasteiger partial charge in [-0.3, -0.25) is 14.2 Å². The van der Waals surface area contributed by atoms with Crippen molar-refractivity contribution in [2.45, 2.75) is 63.2 Å². The first-order valence-electron chi connectivity index (χ1n) is 10.1. The molecule has 27 heavy (non-hydrogen) atoms. The second kappa shape index (κ2) is 8.05. The Hall–Kier alpha value is -1.82. The number of thioether (sulfide) groups is 1. The predicted molar refractivity (Wildman–Crippen MR) is 109 cm³/mol. The van der Waals surface area contributed by atoms with Crippen molar-refractivity contribution in [3.8, 4) is 0 Å². The fourth-order valence-electron chi connectivity index (χ4n) is 4.68. The Labute approximate surface area is 164 Å². The number of benzene rings is 1. The van der Waals surface area contributed by atoms with Crippen LogP contribution in [0.1, 0.15) is 45.4 Å². The highest BCUT2D eigenvalue weighted by Gasteiger charge is 2.35. The maximum atomic E-state index is 13.0. The van der Waals surface area contributed by atoms with Gasteiger partial charge in [0.25, 0.3) is 5.56 Å². The number of carbonyl (C=O) groups excluding carboxylic acids is 1. The largest absolute Gasteiger partial charge is 0.339 e. The minimum atomic E-state index is -0.0247. The average molecular weight is 386 g/mol. The zero-order chi connectivity index (χ0) is 18.8. The van der Waals surface area contributed by atoms with Gasteiger partial charge < -0.3 is 4.90 Å². The normalized spacial score (nSPS) is 22.6. The molecule has 2 aromatic rings. The molecule has 1 aliphatic heterocycles. The van der Waals surface area contributed by atoms with E-state index in [2.05, 4.69) is 9.88 Å². The van der Waals surface area contributed by atoms with Gasteiger partial charge in [-0.15, -0.1) is 0 Å². The van der Waals surface area contributed by atoms with Crippen molar-refractivity contribution < 1.29 is 4.79 Å². The highest BCUT2D eigenvalue weighted by atomic mass is 32.2. The smallest absolute Gasteiger partial charge is 0.262 e. The molecule has 1 saturated heterocycles. The van der Waals surface area contributed by atoms with Crippen molar-refractivity contribution in [3.05, 3.63) is 34.6 Å². The molecule has 0 bridgehead atoms. The van der Waals surface area contributed by atoms with Crippen LogP contribution in [0.5, 0.6) is 0 Å². The average Bonchev–Trinajstić information content (AvgIpc) is 2.71. The van der Waals surface area contributed by atoms with Gasteiger partial charge in [-0.1, -0.05) is 36.7 Å². The first kappa shape index (κ1) is 18.5. The molecule has 1 amide bonds. The predicted octanol–water partition coefficient (Wildman–Crippen LogP) is 3.69. The summed E-state index contributed by atoms with van der Waals surface area (Å²) in [4.78, 5) is 32.5. The summed E-state index contributed by atoms with van der Waals surface area (Å²) in [6.07, 6.45) is 7.34. The van der Waals surface area contributed by atoms with Gasteiger partial charge in [0.15, 0.2) is 5.16 Å². The number of amides is 1. The molecule has 1 aromatic carbocycles.